The van der Waals surface area contributed by atoms with Crippen LogP contribution in [0.4, 0.5) is 0 Å². The van der Waals surface area contributed by atoms with Crippen molar-refractivity contribution in [1.29, 1.82) is 0 Å². The van der Waals surface area contributed by atoms with Crippen LogP contribution >= 0.6 is 0 Å². The number of hydrogen-bond donors (Lipinski definition) is 1. The zero-order valence-electron chi connectivity index (χ0n) is 7.73. The van der Waals surface area contributed by atoms with E-state index < -0.39 is 0 Å². The molecular weight excluding hydrogens is 178 g/mol. The van der Waals surface area contributed by atoms with Gasteiger partial charge in [0.25, 0.3) is 0 Å². The van der Waals surface area contributed by atoms with E-state index >= 15 is 0 Å². The molecule has 0 aliphatic heterocycles. The Morgan fingerprint density at radius 1 is 1.50 bits per heavy atom. The zero-order chi connectivity index (χ0) is 9.54. The average Bonchev–Trinajstić information content (AvgIpc) is 2.41. The van der Waals surface area contributed by atoms with Gasteiger partial charge < -0.3 is 0 Å². The van der Waals surface area contributed by atoms with Gasteiger partial charge in [0.2, 0.25) is 0 Å². The highest BCUT2D eigenvalue weighted by Gasteiger charge is 2.23. The van der Waals surface area contributed by atoms with Crippen LogP contribution in [0.25, 0.3) is 11.2 Å². The lowest BCUT2D eigenvalue weighted by atomic mass is 9.93. The number of H-pyrrole nitrogens is 1. The van der Waals surface area contributed by atoms with Gasteiger partial charge in [-0.25, -0.2) is 9.78 Å². The van der Waals surface area contributed by atoms with Gasteiger partial charge in [0.1, 0.15) is 0 Å². The Balaban J connectivity index is 2.29. The van der Waals surface area contributed by atoms with E-state index in [-0.39, 0.29) is 5.69 Å². The minimum Gasteiger partial charge on any atom is -0.290 e. The molecule has 4 nitrogen and oxygen atoms in total. The molecule has 2 aromatic heterocycles. The van der Waals surface area contributed by atoms with Crippen molar-refractivity contribution in [3.8, 4) is 0 Å². The standard InChI is InChI=1S/C10H11N3O/c14-10-12-9-8(5-2-6-11-9)13(10)7-3-1-4-7/h2,5-7H,1,3-4H2,(H,11,12,14). The van der Waals surface area contributed by atoms with Gasteiger partial charge in [-0.2, -0.15) is 0 Å². The van der Waals surface area contributed by atoms with Crippen molar-refractivity contribution in [1.82, 2.24) is 14.5 Å². The highest BCUT2D eigenvalue weighted by atomic mass is 16.1. The molecule has 0 saturated heterocycles. The first-order valence-corrected chi connectivity index (χ1v) is 4.91. The summed E-state index contributed by atoms with van der Waals surface area (Å²) >= 11 is 0. The number of nitrogens with one attached hydrogen (secondary N) is 1. The molecule has 2 aromatic rings. The molecule has 0 spiro atoms. The predicted molar refractivity (Wildman–Crippen MR) is 53.2 cm³/mol. The van der Waals surface area contributed by atoms with Crippen molar-refractivity contribution in [2.75, 3.05) is 0 Å². The van der Waals surface area contributed by atoms with Crippen molar-refractivity contribution in [2.24, 2.45) is 0 Å². The van der Waals surface area contributed by atoms with Crippen LogP contribution in [0.3, 0.4) is 0 Å². The van der Waals surface area contributed by atoms with E-state index in [9.17, 15) is 4.79 Å². The second kappa shape index (κ2) is 2.70. The first kappa shape index (κ1) is 7.79. The molecule has 2 heterocycles. The Labute approximate surface area is 80.6 Å². The van der Waals surface area contributed by atoms with Gasteiger partial charge in [0.05, 0.1) is 5.52 Å². The van der Waals surface area contributed by atoms with Crippen LogP contribution in [-0.4, -0.2) is 14.5 Å². The second-order valence-corrected chi connectivity index (χ2v) is 3.76. The van der Waals surface area contributed by atoms with Crippen molar-refractivity contribution >= 4 is 11.2 Å². The first-order valence-electron chi connectivity index (χ1n) is 4.91. The van der Waals surface area contributed by atoms with Crippen molar-refractivity contribution in [3.63, 3.8) is 0 Å². The van der Waals surface area contributed by atoms with E-state index in [4.69, 9.17) is 0 Å². The molecule has 1 N–H and O–H groups in total. The summed E-state index contributed by atoms with van der Waals surface area (Å²) in [7, 11) is 0. The summed E-state index contributed by atoms with van der Waals surface area (Å²) in [6, 6.07) is 4.20. The molecule has 4 heteroatoms. The number of aromatic amines is 1. The summed E-state index contributed by atoms with van der Waals surface area (Å²) < 4.78 is 1.84. The monoisotopic (exact) mass is 189 g/mol. The lowest BCUT2D eigenvalue weighted by molar-refractivity contribution is 0.314. The Morgan fingerprint density at radius 2 is 2.36 bits per heavy atom. The fourth-order valence-electron chi connectivity index (χ4n) is 1.97. The quantitative estimate of drug-likeness (QED) is 0.738. The molecule has 0 unspecified atom stereocenters. The maximum atomic E-state index is 11.6. The highest BCUT2D eigenvalue weighted by molar-refractivity contribution is 5.70. The lowest BCUT2D eigenvalue weighted by Crippen LogP contribution is -2.26. The van der Waals surface area contributed by atoms with Crippen LogP contribution in [0.1, 0.15) is 25.3 Å². The van der Waals surface area contributed by atoms with E-state index in [0.717, 1.165) is 18.4 Å². The van der Waals surface area contributed by atoms with Gasteiger partial charge in [0, 0.05) is 12.2 Å². The third-order valence-electron chi connectivity index (χ3n) is 2.93. The van der Waals surface area contributed by atoms with Gasteiger partial charge >= 0.3 is 5.69 Å². The number of hydrogen-bond acceptors (Lipinski definition) is 2. The van der Waals surface area contributed by atoms with Crippen molar-refractivity contribution < 1.29 is 0 Å². The fraction of sp³-hybridized carbons (Fsp3) is 0.400. The van der Waals surface area contributed by atoms with Crippen molar-refractivity contribution in [3.05, 3.63) is 28.8 Å². The topological polar surface area (TPSA) is 50.7 Å². The minimum absolute atomic E-state index is 0.0246. The third-order valence-corrected chi connectivity index (χ3v) is 2.93. The van der Waals surface area contributed by atoms with Gasteiger partial charge in [-0.05, 0) is 31.4 Å². The molecule has 0 atom stereocenters. The first-order chi connectivity index (χ1) is 6.86. The van der Waals surface area contributed by atoms with E-state index in [1.807, 2.05) is 16.7 Å². The van der Waals surface area contributed by atoms with Gasteiger partial charge in [-0.3, -0.25) is 9.55 Å². The molecule has 1 aliphatic carbocycles. The number of rotatable bonds is 1. The largest absolute Gasteiger partial charge is 0.327 e. The Kier molecular flexibility index (Phi) is 1.50. The molecule has 0 aromatic carbocycles. The molecule has 0 bridgehead atoms. The molecule has 1 aliphatic rings. The second-order valence-electron chi connectivity index (χ2n) is 3.76. The maximum Gasteiger partial charge on any atom is 0.327 e. The number of imidazole rings is 1. The highest BCUT2D eigenvalue weighted by Crippen LogP contribution is 2.31. The van der Waals surface area contributed by atoms with Gasteiger partial charge in [-0.15, -0.1) is 0 Å². The summed E-state index contributed by atoms with van der Waals surface area (Å²) in [5.74, 6) is 0. The van der Waals surface area contributed by atoms with Crippen LogP contribution in [0.5, 0.6) is 0 Å². The molecule has 0 amide bonds. The van der Waals surface area contributed by atoms with Gasteiger partial charge in [-0.1, -0.05) is 0 Å². The van der Waals surface area contributed by atoms with Crippen LogP contribution in [-0.2, 0) is 0 Å². The summed E-state index contributed by atoms with van der Waals surface area (Å²) in [6.45, 7) is 0. The van der Waals surface area contributed by atoms with Gasteiger partial charge in [0.15, 0.2) is 5.65 Å². The molecule has 0 radical (unpaired) electrons. The maximum absolute atomic E-state index is 11.6. The Bertz CT molecular complexity index is 521. The van der Waals surface area contributed by atoms with E-state index in [1.165, 1.54) is 6.42 Å². The number of aromatic nitrogens is 3. The van der Waals surface area contributed by atoms with E-state index in [0.29, 0.717) is 11.7 Å². The van der Waals surface area contributed by atoms with E-state index in [2.05, 4.69) is 9.97 Å². The molecule has 14 heavy (non-hydrogen) atoms. The summed E-state index contributed by atoms with van der Waals surface area (Å²) in [4.78, 5) is 18.5. The summed E-state index contributed by atoms with van der Waals surface area (Å²) in [5.41, 5.74) is 1.61. The molecule has 72 valence electrons. The molecule has 3 rings (SSSR count). The van der Waals surface area contributed by atoms with E-state index in [1.54, 1.807) is 6.20 Å². The lowest BCUT2D eigenvalue weighted by Gasteiger charge is -2.26. The summed E-state index contributed by atoms with van der Waals surface area (Å²) in [5, 5.41) is 0. The number of fused-ring (bicyclic) bond motifs is 1. The van der Waals surface area contributed by atoms with Crippen LogP contribution < -0.4 is 5.69 Å². The van der Waals surface area contributed by atoms with Crippen molar-refractivity contribution in [2.45, 2.75) is 25.3 Å². The molecule has 1 fully saturated rings. The number of nitrogens with zero attached hydrogens (tertiary/aromatic N) is 2. The SMILES string of the molecule is O=c1[nH]c2ncccc2n1C1CCC1. The van der Waals surface area contributed by atoms with Crippen LogP contribution in [0.2, 0.25) is 0 Å². The van der Waals surface area contributed by atoms with Crippen LogP contribution in [0.15, 0.2) is 23.1 Å². The smallest absolute Gasteiger partial charge is 0.290 e. The fourth-order valence-corrected chi connectivity index (χ4v) is 1.97. The Hall–Kier alpha value is -1.58. The minimum atomic E-state index is -0.0246. The summed E-state index contributed by atoms with van der Waals surface area (Å²) in [6.07, 6.45) is 5.15. The average molecular weight is 189 g/mol. The molecular formula is C10H11N3O. The Morgan fingerprint density at radius 3 is 3.07 bits per heavy atom. The van der Waals surface area contributed by atoms with Crippen LogP contribution in [0, 0.1) is 0 Å². The zero-order valence-corrected chi connectivity index (χ0v) is 7.73. The number of pyridine rings is 1. The predicted octanol–water partition coefficient (Wildman–Crippen LogP) is 1.45. The third kappa shape index (κ3) is 0.937. The molecule has 1 saturated carbocycles. The normalized spacial score (nSPS) is 17.1.